The minimum absolute atomic E-state index is 0.0926. The summed E-state index contributed by atoms with van der Waals surface area (Å²) in [6, 6.07) is 0. The molecule has 0 aromatic rings. The predicted octanol–water partition coefficient (Wildman–Crippen LogP) is 6.36. The van der Waals surface area contributed by atoms with Crippen LogP contribution in [0.3, 0.4) is 0 Å². The molecule has 4 aliphatic rings. The fourth-order valence-corrected chi connectivity index (χ4v) is 8.53. The minimum atomic E-state index is -0.152. The number of hydrogen-bond acceptors (Lipinski definition) is 2. The SMILES string of the molecule is CC(C)CCC[C@@H](C)[C@H]1CC(O)[C@@H]2C3=CC[C@H]4C[C@@H](O)CC[C@]4(C)[C@H]3CC[C@]12C. The van der Waals surface area contributed by atoms with Gasteiger partial charge in [-0.05, 0) is 85.4 Å². The summed E-state index contributed by atoms with van der Waals surface area (Å²) in [4.78, 5) is 0. The van der Waals surface area contributed by atoms with Crippen molar-refractivity contribution in [3.05, 3.63) is 11.6 Å². The van der Waals surface area contributed by atoms with Crippen molar-refractivity contribution in [2.24, 2.45) is 46.3 Å². The van der Waals surface area contributed by atoms with E-state index >= 15 is 0 Å². The number of hydrogen-bond donors (Lipinski definition) is 2. The third-order valence-electron chi connectivity index (χ3n) is 10.2. The molecule has 0 spiro atoms. The normalized spacial score (nSPS) is 47.9. The van der Waals surface area contributed by atoms with Crippen molar-refractivity contribution in [3.8, 4) is 0 Å². The number of aliphatic hydroxyl groups is 2. The molecule has 0 aliphatic heterocycles. The van der Waals surface area contributed by atoms with E-state index in [4.69, 9.17) is 0 Å². The Morgan fingerprint density at radius 3 is 2.45 bits per heavy atom. The molecule has 3 fully saturated rings. The minimum Gasteiger partial charge on any atom is -0.393 e. The molecule has 0 amide bonds. The molecule has 166 valence electrons. The molecule has 2 heteroatoms. The van der Waals surface area contributed by atoms with Crippen molar-refractivity contribution in [2.45, 2.75) is 111 Å². The second kappa shape index (κ2) is 7.97. The van der Waals surface area contributed by atoms with Gasteiger partial charge in [-0.1, -0.05) is 65.5 Å². The smallest absolute Gasteiger partial charge is 0.0613 e. The van der Waals surface area contributed by atoms with Gasteiger partial charge in [-0.3, -0.25) is 0 Å². The Morgan fingerprint density at radius 2 is 1.72 bits per heavy atom. The first-order valence-corrected chi connectivity index (χ1v) is 12.7. The highest BCUT2D eigenvalue weighted by molar-refractivity contribution is 5.29. The standard InChI is InChI=1S/C27H46O2/c1-17(2)7-6-8-18(3)23-16-24(29)25-21-10-9-19-15-20(28)11-13-26(19,4)22(21)12-14-27(23,25)5/h10,17-20,22-25,28-29H,6-9,11-16H2,1-5H3/t18-,19+,20+,22+,23-,24?,25+,26+,27-/m1/s1. The number of rotatable bonds is 5. The summed E-state index contributed by atoms with van der Waals surface area (Å²) in [6.45, 7) is 12.2. The van der Waals surface area contributed by atoms with Gasteiger partial charge in [0.25, 0.3) is 0 Å². The van der Waals surface area contributed by atoms with Gasteiger partial charge in [0.1, 0.15) is 0 Å². The van der Waals surface area contributed by atoms with Crippen LogP contribution in [0.1, 0.15) is 98.8 Å². The van der Waals surface area contributed by atoms with Gasteiger partial charge in [-0.2, -0.15) is 0 Å². The molecule has 0 bridgehead atoms. The van der Waals surface area contributed by atoms with E-state index in [9.17, 15) is 10.2 Å². The van der Waals surface area contributed by atoms with Crippen molar-refractivity contribution < 1.29 is 10.2 Å². The zero-order valence-corrected chi connectivity index (χ0v) is 19.7. The Labute approximate surface area is 179 Å². The third kappa shape index (κ3) is 3.65. The second-order valence-electron chi connectivity index (χ2n) is 12.4. The zero-order chi connectivity index (χ0) is 21.0. The number of allylic oxidation sites excluding steroid dienone is 1. The highest BCUT2D eigenvalue weighted by Crippen LogP contribution is 2.66. The molecule has 29 heavy (non-hydrogen) atoms. The fraction of sp³-hybridized carbons (Fsp3) is 0.926. The molecule has 0 saturated heterocycles. The highest BCUT2D eigenvalue weighted by atomic mass is 16.3. The largest absolute Gasteiger partial charge is 0.393 e. The fourth-order valence-electron chi connectivity index (χ4n) is 8.53. The lowest BCUT2D eigenvalue weighted by Gasteiger charge is -2.58. The Bertz CT molecular complexity index is 624. The van der Waals surface area contributed by atoms with Crippen LogP contribution in [0, 0.1) is 46.3 Å². The molecule has 0 aromatic carbocycles. The maximum absolute atomic E-state index is 11.3. The van der Waals surface area contributed by atoms with Crippen molar-refractivity contribution >= 4 is 0 Å². The Balaban J connectivity index is 1.55. The van der Waals surface area contributed by atoms with Crippen molar-refractivity contribution in [3.63, 3.8) is 0 Å². The summed E-state index contributed by atoms with van der Waals surface area (Å²) in [7, 11) is 0. The molecular weight excluding hydrogens is 356 g/mol. The lowest BCUT2D eigenvalue weighted by molar-refractivity contribution is -0.0499. The molecule has 3 saturated carbocycles. The maximum atomic E-state index is 11.3. The molecule has 0 radical (unpaired) electrons. The van der Waals surface area contributed by atoms with Crippen LogP contribution in [-0.4, -0.2) is 22.4 Å². The Kier molecular flexibility index (Phi) is 6.01. The van der Waals surface area contributed by atoms with E-state index in [1.54, 1.807) is 5.57 Å². The topological polar surface area (TPSA) is 40.5 Å². The summed E-state index contributed by atoms with van der Waals surface area (Å²) in [5.74, 6) is 3.82. The Morgan fingerprint density at radius 1 is 1.00 bits per heavy atom. The summed E-state index contributed by atoms with van der Waals surface area (Å²) < 4.78 is 0. The Hall–Kier alpha value is -0.340. The summed E-state index contributed by atoms with van der Waals surface area (Å²) in [5, 5.41) is 21.5. The average Bonchev–Trinajstić information content (AvgIpc) is 2.93. The van der Waals surface area contributed by atoms with Gasteiger partial charge >= 0.3 is 0 Å². The van der Waals surface area contributed by atoms with Crippen molar-refractivity contribution in [1.82, 2.24) is 0 Å². The first kappa shape index (κ1) is 21.9. The average molecular weight is 403 g/mol. The van der Waals surface area contributed by atoms with E-state index in [1.807, 2.05) is 0 Å². The zero-order valence-electron chi connectivity index (χ0n) is 19.7. The van der Waals surface area contributed by atoms with Crippen molar-refractivity contribution in [1.29, 1.82) is 0 Å². The lowest BCUT2D eigenvalue weighted by atomic mass is 9.47. The summed E-state index contributed by atoms with van der Waals surface area (Å²) >= 11 is 0. The van der Waals surface area contributed by atoms with Gasteiger partial charge in [-0.25, -0.2) is 0 Å². The van der Waals surface area contributed by atoms with Crippen LogP contribution in [0.25, 0.3) is 0 Å². The van der Waals surface area contributed by atoms with Gasteiger partial charge in [0.2, 0.25) is 0 Å². The predicted molar refractivity (Wildman–Crippen MR) is 120 cm³/mol. The highest BCUT2D eigenvalue weighted by Gasteiger charge is 2.60. The molecule has 4 aliphatic carbocycles. The molecule has 0 heterocycles. The molecule has 2 N–H and O–H groups in total. The van der Waals surface area contributed by atoms with Crippen LogP contribution in [0.2, 0.25) is 0 Å². The van der Waals surface area contributed by atoms with Crippen LogP contribution < -0.4 is 0 Å². The van der Waals surface area contributed by atoms with Crippen molar-refractivity contribution in [2.75, 3.05) is 0 Å². The maximum Gasteiger partial charge on any atom is 0.0613 e. The van der Waals surface area contributed by atoms with Crippen LogP contribution in [0.4, 0.5) is 0 Å². The molecule has 2 nitrogen and oxygen atoms in total. The quantitative estimate of drug-likeness (QED) is 0.525. The van der Waals surface area contributed by atoms with Gasteiger partial charge in [-0.15, -0.1) is 0 Å². The molecule has 4 rings (SSSR count). The van der Waals surface area contributed by atoms with Gasteiger partial charge in [0.05, 0.1) is 12.2 Å². The molecule has 0 aromatic heterocycles. The van der Waals surface area contributed by atoms with E-state index in [-0.39, 0.29) is 17.6 Å². The van der Waals surface area contributed by atoms with E-state index in [2.05, 4.69) is 40.7 Å². The summed E-state index contributed by atoms with van der Waals surface area (Å²) in [5.41, 5.74) is 2.24. The second-order valence-corrected chi connectivity index (χ2v) is 12.4. The lowest BCUT2D eigenvalue weighted by Crippen LogP contribution is -2.51. The van der Waals surface area contributed by atoms with E-state index in [0.717, 1.165) is 38.0 Å². The first-order chi connectivity index (χ1) is 13.7. The third-order valence-corrected chi connectivity index (χ3v) is 10.2. The number of aliphatic hydroxyl groups excluding tert-OH is 2. The van der Waals surface area contributed by atoms with Crippen LogP contribution >= 0.6 is 0 Å². The number of fused-ring (bicyclic) bond motifs is 5. The van der Waals surface area contributed by atoms with Gasteiger partial charge in [0, 0.05) is 5.92 Å². The van der Waals surface area contributed by atoms with Gasteiger partial charge < -0.3 is 10.2 Å². The van der Waals surface area contributed by atoms with Crippen LogP contribution in [-0.2, 0) is 0 Å². The van der Waals surface area contributed by atoms with Crippen LogP contribution in [0.15, 0.2) is 11.6 Å². The monoisotopic (exact) mass is 402 g/mol. The van der Waals surface area contributed by atoms with Crippen LogP contribution in [0.5, 0.6) is 0 Å². The van der Waals surface area contributed by atoms with E-state index in [0.29, 0.717) is 35.0 Å². The first-order valence-electron chi connectivity index (χ1n) is 12.7. The molecular formula is C27H46O2. The molecule has 9 atom stereocenters. The molecule has 1 unspecified atom stereocenters. The van der Waals surface area contributed by atoms with Gasteiger partial charge in [0.15, 0.2) is 0 Å². The van der Waals surface area contributed by atoms with E-state index < -0.39 is 0 Å². The summed E-state index contributed by atoms with van der Waals surface area (Å²) in [6.07, 6.45) is 14.1. The van der Waals surface area contributed by atoms with E-state index in [1.165, 1.54) is 32.1 Å².